The molecule has 0 saturated heterocycles. The Balaban J connectivity index is 4.53. The summed E-state index contributed by atoms with van der Waals surface area (Å²) >= 11 is 1.31. The van der Waals surface area contributed by atoms with Gasteiger partial charge in [0, 0.05) is 11.8 Å². The van der Waals surface area contributed by atoms with E-state index in [0.717, 1.165) is 77.2 Å². The largest absolute Gasteiger partial charge is 0.469 e. The van der Waals surface area contributed by atoms with Crippen LogP contribution in [0.15, 0.2) is 0 Å². The maximum absolute atomic E-state index is 12.4. The summed E-state index contributed by atoms with van der Waals surface area (Å²) in [6.45, 7) is 8.76. The number of nitrogens with zero attached hydrogens (tertiary/aromatic N) is 1. The summed E-state index contributed by atoms with van der Waals surface area (Å²) in [5, 5.41) is 0.243. The SMILES string of the molecule is COC(=O)C(C)(C)CCCCCC(CCCCCC(C)(C)C(=O)SC)OC(=O)CCCN(C)C. The lowest BCUT2D eigenvalue weighted by atomic mass is 9.86. The molecule has 0 N–H and O–H groups in total. The van der Waals surface area contributed by atoms with Crippen molar-refractivity contribution in [1.82, 2.24) is 4.90 Å². The highest BCUT2D eigenvalue weighted by molar-refractivity contribution is 8.13. The highest BCUT2D eigenvalue weighted by Crippen LogP contribution is 2.30. The Morgan fingerprint density at radius 2 is 1.35 bits per heavy atom. The number of hydrogen-bond acceptors (Lipinski definition) is 7. The lowest BCUT2D eigenvalue weighted by Gasteiger charge is -2.22. The van der Waals surface area contributed by atoms with Gasteiger partial charge in [-0.25, -0.2) is 0 Å². The summed E-state index contributed by atoms with van der Waals surface area (Å²) in [5.74, 6) is -0.273. The lowest BCUT2D eigenvalue weighted by molar-refractivity contribution is -0.151. The Hall–Kier alpha value is -1.08. The molecule has 0 bridgehead atoms. The Bertz CT molecular complexity index is 566. The molecule has 0 heterocycles. The molecular weight excluding hydrogens is 450 g/mol. The highest BCUT2D eigenvalue weighted by atomic mass is 32.2. The molecule has 0 aliphatic heterocycles. The molecule has 0 radical (unpaired) electrons. The smallest absolute Gasteiger partial charge is 0.311 e. The zero-order valence-electron chi connectivity index (χ0n) is 23.2. The minimum absolute atomic E-state index is 0.0543. The van der Waals surface area contributed by atoms with E-state index in [9.17, 15) is 14.4 Å². The second-order valence-electron chi connectivity index (χ2n) is 11.0. The van der Waals surface area contributed by atoms with Crippen molar-refractivity contribution >= 4 is 28.8 Å². The zero-order chi connectivity index (χ0) is 26.2. The number of hydrogen-bond donors (Lipinski definition) is 0. The van der Waals surface area contributed by atoms with Crippen LogP contribution in [0.4, 0.5) is 0 Å². The molecule has 0 aromatic rings. The first-order valence-corrected chi connectivity index (χ1v) is 14.1. The standard InChI is InChI=1S/C27H51NO5S/c1-26(2,24(30)32-7)19-13-9-11-16-22(33-23(29)18-15-21-28(5)6)17-12-10-14-20-27(3,4)25(31)34-8/h22H,9-21H2,1-8H3. The van der Waals surface area contributed by atoms with Crippen LogP contribution in [0.3, 0.4) is 0 Å². The van der Waals surface area contributed by atoms with Gasteiger partial charge in [-0.3, -0.25) is 14.4 Å². The van der Waals surface area contributed by atoms with E-state index < -0.39 is 5.41 Å². The fourth-order valence-corrected chi connectivity index (χ4v) is 4.69. The second kappa shape index (κ2) is 17.4. The van der Waals surface area contributed by atoms with Gasteiger partial charge in [-0.15, -0.1) is 0 Å². The first kappa shape index (κ1) is 32.9. The van der Waals surface area contributed by atoms with Gasteiger partial charge in [0.1, 0.15) is 6.10 Å². The van der Waals surface area contributed by atoms with Crippen molar-refractivity contribution < 1.29 is 23.9 Å². The van der Waals surface area contributed by atoms with Crippen molar-refractivity contribution in [3.05, 3.63) is 0 Å². The number of carbonyl (C=O) groups is 3. The molecule has 34 heavy (non-hydrogen) atoms. The van der Waals surface area contributed by atoms with Crippen LogP contribution >= 0.6 is 11.8 Å². The van der Waals surface area contributed by atoms with Crippen molar-refractivity contribution in [2.24, 2.45) is 10.8 Å². The van der Waals surface area contributed by atoms with E-state index >= 15 is 0 Å². The van der Waals surface area contributed by atoms with E-state index in [1.165, 1.54) is 18.9 Å². The van der Waals surface area contributed by atoms with Gasteiger partial charge in [0.05, 0.1) is 12.5 Å². The molecule has 0 rings (SSSR count). The normalized spacial score (nSPS) is 13.1. The first-order chi connectivity index (χ1) is 15.9. The second-order valence-corrected chi connectivity index (χ2v) is 11.7. The monoisotopic (exact) mass is 501 g/mol. The molecule has 7 heteroatoms. The van der Waals surface area contributed by atoms with Crippen molar-refractivity contribution in [3.63, 3.8) is 0 Å². The Labute approximate surface area is 213 Å². The summed E-state index contributed by atoms with van der Waals surface area (Å²) in [6, 6.07) is 0. The van der Waals surface area contributed by atoms with E-state index in [-0.39, 0.29) is 28.6 Å². The van der Waals surface area contributed by atoms with Crippen LogP contribution in [0.25, 0.3) is 0 Å². The highest BCUT2D eigenvalue weighted by Gasteiger charge is 2.28. The van der Waals surface area contributed by atoms with Gasteiger partial charge >= 0.3 is 11.9 Å². The van der Waals surface area contributed by atoms with Crippen LogP contribution < -0.4 is 0 Å². The number of unbranched alkanes of at least 4 members (excludes halogenated alkanes) is 4. The molecule has 0 fully saturated rings. The van der Waals surface area contributed by atoms with E-state index in [1.54, 1.807) is 0 Å². The molecule has 0 aromatic carbocycles. The molecule has 0 aromatic heterocycles. The topological polar surface area (TPSA) is 72.9 Å². The van der Waals surface area contributed by atoms with Gasteiger partial charge in [0.2, 0.25) is 0 Å². The van der Waals surface area contributed by atoms with Crippen molar-refractivity contribution in [2.45, 2.75) is 111 Å². The van der Waals surface area contributed by atoms with Gasteiger partial charge < -0.3 is 14.4 Å². The third-order valence-corrected chi connectivity index (χ3v) is 7.34. The summed E-state index contributed by atoms with van der Waals surface area (Å²) in [6.07, 6.45) is 12.4. The quantitative estimate of drug-likeness (QED) is 0.153. The predicted molar refractivity (Wildman–Crippen MR) is 142 cm³/mol. The van der Waals surface area contributed by atoms with Gasteiger partial charge in [0.15, 0.2) is 5.12 Å². The predicted octanol–water partition coefficient (Wildman–Crippen LogP) is 6.26. The molecule has 0 aliphatic carbocycles. The van der Waals surface area contributed by atoms with E-state index in [1.807, 2.05) is 48.0 Å². The Kier molecular flexibility index (Phi) is 16.8. The summed E-state index contributed by atoms with van der Waals surface area (Å²) in [4.78, 5) is 38.3. The number of rotatable bonds is 19. The first-order valence-electron chi connectivity index (χ1n) is 12.9. The molecule has 0 spiro atoms. The van der Waals surface area contributed by atoms with E-state index in [4.69, 9.17) is 9.47 Å². The molecule has 6 nitrogen and oxygen atoms in total. The molecule has 0 saturated carbocycles. The van der Waals surface area contributed by atoms with Crippen molar-refractivity contribution in [3.8, 4) is 0 Å². The molecule has 0 aliphatic rings. The van der Waals surface area contributed by atoms with Gasteiger partial charge in [-0.2, -0.15) is 0 Å². The van der Waals surface area contributed by atoms with Crippen LogP contribution in [0.5, 0.6) is 0 Å². The molecule has 0 amide bonds. The zero-order valence-corrected chi connectivity index (χ0v) is 24.0. The minimum atomic E-state index is -0.460. The Morgan fingerprint density at radius 3 is 1.82 bits per heavy atom. The van der Waals surface area contributed by atoms with Crippen LogP contribution in [0, 0.1) is 10.8 Å². The molecule has 1 unspecified atom stereocenters. The third-order valence-electron chi connectivity index (χ3n) is 6.42. The lowest BCUT2D eigenvalue weighted by Crippen LogP contribution is -2.25. The number of esters is 2. The van der Waals surface area contributed by atoms with Gasteiger partial charge in [-0.05, 0) is 85.7 Å². The molecule has 200 valence electrons. The minimum Gasteiger partial charge on any atom is -0.469 e. The molecular formula is C27H51NO5S. The average Bonchev–Trinajstić information content (AvgIpc) is 2.76. The van der Waals surface area contributed by atoms with Crippen LogP contribution in [0.1, 0.15) is 105 Å². The van der Waals surface area contributed by atoms with Crippen molar-refractivity contribution in [1.29, 1.82) is 0 Å². The third kappa shape index (κ3) is 15.0. The fourth-order valence-electron chi connectivity index (χ4n) is 4.03. The van der Waals surface area contributed by atoms with E-state index in [2.05, 4.69) is 4.90 Å². The summed E-state index contributed by atoms with van der Waals surface area (Å²) in [7, 11) is 5.44. The average molecular weight is 502 g/mol. The molecule has 1 atom stereocenters. The summed E-state index contributed by atoms with van der Waals surface area (Å²) < 4.78 is 10.7. The number of carbonyl (C=O) groups excluding carboxylic acids is 3. The van der Waals surface area contributed by atoms with E-state index in [0.29, 0.717) is 6.42 Å². The van der Waals surface area contributed by atoms with Crippen LogP contribution in [-0.4, -0.2) is 62.1 Å². The maximum atomic E-state index is 12.4. The Morgan fingerprint density at radius 1 is 0.824 bits per heavy atom. The number of thioether (sulfide) groups is 1. The maximum Gasteiger partial charge on any atom is 0.311 e. The number of ether oxygens (including phenoxy) is 2. The van der Waals surface area contributed by atoms with Crippen LogP contribution in [-0.2, 0) is 23.9 Å². The number of methoxy groups -OCH3 is 1. The van der Waals surface area contributed by atoms with Gasteiger partial charge in [0.25, 0.3) is 0 Å². The fraction of sp³-hybridized carbons (Fsp3) is 0.889. The van der Waals surface area contributed by atoms with Crippen molar-refractivity contribution in [2.75, 3.05) is 34.0 Å². The van der Waals surface area contributed by atoms with Gasteiger partial charge in [-0.1, -0.05) is 51.3 Å². The van der Waals surface area contributed by atoms with Crippen LogP contribution in [0.2, 0.25) is 0 Å². The summed E-state index contributed by atoms with van der Waals surface area (Å²) in [5.41, 5.74) is -0.742.